The molecule has 1 aliphatic rings. The Hall–Kier alpha value is -2.08. The lowest BCUT2D eigenvalue weighted by molar-refractivity contribution is -0.132. The van der Waals surface area contributed by atoms with Gasteiger partial charge in [-0.25, -0.2) is 0 Å². The van der Waals surface area contributed by atoms with Crippen molar-refractivity contribution in [2.75, 3.05) is 26.1 Å². The molecule has 1 aromatic heterocycles. The number of ether oxygens (including phenoxy) is 1. The van der Waals surface area contributed by atoms with E-state index in [9.17, 15) is 4.79 Å². The summed E-state index contributed by atoms with van der Waals surface area (Å²) >= 11 is 5.67. The number of hydrogen-bond donors (Lipinski definition) is 0. The van der Waals surface area contributed by atoms with Crippen LogP contribution in [0.25, 0.3) is 11.4 Å². The maximum Gasteiger partial charge on any atom is 0.231 e. The Kier molecular flexibility index (Phi) is 5.35. The summed E-state index contributed by atoms with van der Waals surface area (Å²) in [7, 11) is 1.62. The molecule has 0 saturated carbocycles. The van der Waals surface area contributed by atoms with E-state index in [0.717, 1.165) is 30.7 Å². The molecule has 1 fully saturated rings. The average Bonchev–Trinajstić information content (AvgIpc) is 3.12. The molecule has 1 aromatic carbocycles. The molecule has 128 valence electrons. The molecule has 2 heterocycles. The first-order valence-electron chi connectivity index (χ1n) is 8.03. The molecule has 1 atom stereocenters. The van der Waals surface area contributed by atoms with E-state index in [4.69, 9.17) is 20.9 Å². The van der Waals surface area contributed by atoms with Crippen LogP contribution in [-0.2, 0) is 4.79 Å². The molecule has 7 heteroatoms. The van der Waals surface area contributed by atoms with Gasteiger partial charge in [0.15, 0.2) is 0 Å². The maximum atomic E-state index is 12.0. The van der Waals surface area contributed by atoms with Gasteiger partial charge < -0.3 is 14.2 Å². The van der Waals surface area contributed by atoms with Gasteiger partial charge in [-0.1, -0.05) is 17.3 Å². The molecule has 0 N–H and O–H groups in total. The largest absolute Gasteiger partial charge is 0.497 e. The minimum Gasteiger partial charge on any atom is -0.497 e. The molecule has 0 spiro atoms. The van der Waals surface area contributed by atoms with E-state index in [0.29, 0.717) is 30.6 Å². The zero-order chi connectivity index (χ0) is 16.9. The molecule has 24 heavy (non-hydrogen) atoms. The second-order valence-electron chi connectivity index (χ2n) is 5.81. The van der Waals surface area contributed by atoms with E-state index in [-0.39, 0.29) is 11.8 Å². The first-order valence-corrected chi connectivity index (χ1v) is 8.56. The van der Waals surface area contributed by atoms with Crippen LogP contribution in [0.1, 0.15) is 31.1 Å². The Balaban J connectivity index is 1.74. The molecule has 0 bridgehead atoms. The second kappa shape index (κ2) is 7.66. The number of halogens is 1. The number of carbonyl (C=O) groups is 1. The fourth-order valence-electron chi connectivity index (χ4n) is 2.92. The number of nitrogens with zero attached hydrogens (tertiary/aromatic N) is 3. The molecule has 0 unspecified atom stereocenters. The number of aromatic nitrogens is 2. The van der Waals surface area contributed by atoms with Crippen molar-refractivity contribution in [1.82, 2.24) is 15.0 Å². The number of likely N-dealkylation sites (tertiary alicyclic amines) is 1. The van der Waals surface area contributed by atoms with Crippen molar-refractivity contribution >= 4 is 17.5 Å². The Morgan fingerprint density at radius 1 is 1.50 bits per heavy atom. The smallest absolute Gasteiger partial charge is 0.231 e. The van der Waals surface area contributed by atoms with Crippen molar-refractivity contribution in [3.63, 3.8) is 0 Å². The SMILES string of the molecule is COc1cccc(-c2noc([C@H]3CCCN(C(=O)CCCl)C3)n2)c1. The Morgan fingerprint density at radius 3 is 3.17 bits per heavy atom. The first kappa shape index (κ1) is 16.8. The van der Waals surface area contributed by atoms with Crippen molar-refractivity contribution in [3.05, 3.63) is 30.2 Å². The molecule has 6 nitrogen and oxygen atoms in total. The summed E-state index contributed by atoms with van der Waals surface area (Å²) < 4.78 is 10.7. The monoisotopic (exact) mass is 349 g/mol. The third-order valence-corrected chi connectivity index (χ3v) is 4.39. The van der Waals surface area contributed by atoms with Crippen LogP contribution in [0.2, 0.25) is 0 Å². The summed E-state index contributed by atoms with van der Waals surface area (Å²) in [4.78, 5) is 18.4. The molecule has 1 saturated heterocycles. The number of carbonyl (C=O) groups excluding carboxylic acids is 1. The summed E-state index contributed by atoms with van der Waals surface area (Å²) in [5, 5.41) is 4.08. The highest BCUT2D eigenvalue weighted by Crippen LogP contribution is 2.28. The lowest BCUT2D eigenvalue weighted by atomic mass is 9.97. The van der Waals surface area contributed by atoms with Crippen LogP contribution in [0.5, 0.6) is 5.75 Å². The minimum absolute atomic E-state index is 0.0740. The number of piperidine rings is 1. The van der Waals surface area contributed by atoms with Crippen molar-refractivity contribution in [3.8, 4) is 17.1 Å². The molecular formula is C17H20ClN3O3. The number of rotatable bonds is 5. The maximum absolute atomic E-state index is 12.0. The second-order valence-corrected chi connectivity index (χ2v) is 6.18. The standard InChI is InChI=1S/C17H20ClN3O3/c1-23-14-6-2-4-12(10-14)16-19-17(24-20-16)13-5-3-9-21(11-13)15(22)7-8-18/h2,4,6,10,13H,3,5,7-9,11H2,1H3/t13-/m0/s1. The lowest BCUT2D eigenvalue weighted by Crippen LogP contribution is -2.39. The van der Waals surface area contributed by atoms with Crippen LogP contribution in [0.15, 0.2) is 28.8 Å². The van der Waals surface area contributed by atoms with E-state index < -0.39 is 0 Å². The molecule has 0 aliphatic carbocycles. The van der Waals surface area contributed by atoms with E-state index in [1.807, 2.05) is 29.2 Å². The zero-order valence-corrected chi connectivity index (χ0v) is 14.3. The van der Waals surface area contributed by atoms with Gasteiger partial charge in [-0.3, -0.25) is 4.79 Å². The van der Waals surface area contributed by atoms with Gasteiger partial charge in [-0.15, -0.1) is 11.6 Å². The molecule has 1 aliphatic heterocycles. The van der Waals surface area contributed by atoms with Gasteiger partial charge in [-0.05, 0) is 25.0 Å². The number of hydrogen-bond acceptors (Lipinski definition) is 5. The van der Waals surface area contributed by atoms with E-state index in [1.54, 1.807) is 7.11 Å². The molecule has 3 rings (SSSR count). The first-order chi connectivity index (χ1) is 11.7. The summed E-state index contributed by atoms with van der Waals surface area (Å²) in [6.07, 6.45) is 2.23. The van der Waals surface area contributed by atoms with Crippen LogP contribution in [0.4, 0.5) is 0 Å². The highest BCUT2D eigenvalue weighted by atomic mass is 35.5. The van der Waals surface area contributed by atoms with Gasteiger partial charge in [-0.2, -0.15) is 4.98 Å². The van der Waals surface area contributed by atoms with Gasteiger partial charge in [0.2, 0.25) is 17.6 Å². The van der Waals surface area contributed by atoms with Crippen molar-refractivity contribution < 1.29 is 14.1 Å². The molecule has 2 aromatic rings. The highest BCUT2D eigenvalue weighted by molar-refractivity contribution is 6.18. The zero-order valence-electron chi connectivity index (χ0n) is 13.6. The molecular weight excluding hydrogens is 330 g/mol. The lowest BCUT2D eigenvalue weighted by Gasteiger charge is -2.30. The summed E-state index contributed by atoms with van der Waals surface area (Å²) in [6, 6.07) is 7.53. The molecule has 1 amide bonds. The van der Waals surface area contributed by atoms with E-state index in [1.165, 1.54) is 0 Å². The van der Waals surface area contributed by atoms with Gasteiger partial charge in [0, 0.05) is 31.0 Å². The Morgan fingerprint density at radius 2 is 2.38 bits per heavy atom. The number of alkyl halides is 1. The van der Waals surface area contributed by atoms with Gasteiger partial charge in [0.05, 0.1) is 13.0 Å². The topological polar surface area (TPSA) is 68.5 Å². The van der Waals surface area contributed by atoms with Crippen molar-refractivity contribution in [2.45, 2.75) is 25.2 Å². The van der Waals surface area contributed by atoms with E-state index >= 15 is 0 Å². The third kappa shape index (κ3) is 3.70. The quantitative estimate of drug-likeness (QED) is 0.776. The highest BCUT2D eigenvalue weighted by Gasteiger charge is 2.28. The third-order valence-electron chi connectivity index (χ3n) is 4.20. The summed E-state index contributed by atoms with van der Waals surface area (Å²) in [6.45, 7) is 1.37. The average molecular weight is 350 g/mol. The fourth-order valence-corrected chi connectivity index (χ4v) is 3.09. The van der Waals surface area contributed by atoms with Gasteiger partial charge in [0.1, 0.15) is 5.75 Å². The molecule has 0 radical (unpaired) electrons. The van der Waals surface area contributed by atoms with Crippen LogP contribution < -0.4 is 4.74 Å². The summed E-state index contributed by atoms with van der Waals surface area (Å²) in [5.74, 6) is 2.37. The Labute approximate surface area is 145 Å². The van der Waals surface area contributed by atoms with Crippen molar-refractivity contribution in [1.29, 1.82) is 0 Å². The number of methoxy groups -OCH3 is 1. The summed E-state index contributed by atoms with van der Waals surface area (Å²) in [5.41, 5.74) is 0.843. The predicted octanol–water partition coefficient (Wildman–Crippen LogP) is 3.08. The van der Waals surface area contributed by atoms with Crippen LogP contribution in [-0.4, -0.2) is 47.0 Å². The normalized spacial score (nSPS) is 17.8. The minimum atomic E-state index is 0.0740. The number of benzene rings is 1. The van der Waals surface area contributed by atoms with Crippen LogP contribution >= 0.6 is 11.6 Å². The Bertz CT molecular complexity index is 704. The fraction of sp³-hybridized carbons (Fsp3) is 0.471. The number of amides is 1. The van der Waals surface area contributed by atoms with Crippen molar-refractivity contribution in [2.24, 2.45) is 0 Å². The van der Waals surface area contributed by atoms with E-state index in [2.05, 4.69) is 10.1 Å². The predicted molar refractivity (Wildman–Crippen MR) is 90.2 cm³/mol. The van der Waals surface area contributed by atoms with Gasteiger partial charge >= 0.3 is 0 Å². The van der Waals surface area contributed by atoms with Crippen LogP contribution in [0.3, 0.4) is 0 Å². The van der Waals surface area contributed by atoms with Gasteiger partial charge in [0.25, 0.3) is 0 Å². The van der Waals surface area contributed by atoms with Crippen LogP contribution in [0, 0.1) is 0 Å².